The molecule has 3 aromatic heterocycles. The molecule has 0 radical (unpaired) electrons. The zero-order valence-corrected chi connectivity index (χ0v) is 18.4. The highest BCUT2D eigenvalue weighted by molar-refractivity contribution is 5.94. The Hall–Kier alpha value is -2.88. The highest BCUT2D eigenvalue weighted by Crippen LogP contribution is 2.24. The molecule has 1 amide bonds. The van der Waals surface area contributed by atoms with Crippen molar-refractivity contribution in [2.24, 2.45) is 0 Å². The molecule has 2 atom stereocenters. The first-order chi connectivity index (χ1) is 15.7. The lowest BCUT2D eigenvalue weighted by Crippen LogP contribution is -2.46. The SMILES string of the molecule is CN1CCN(Cc2ccccn2)CC1c1nnc2ccc(C(=O)NCC3CCCO3)cn12. The molecule has 2 aliphatic heterocycles. The lowest BCUT2D eigenvalue weighted by Gasteiger charge is -2.38. The average molecular weight is 436 g/mol. The van der Waals surface area contributed by atoms with Crippen LogP contribution in [0, 0.1) is 0 Å². The zero-order valence-electron chi connectivity index (χ0n) is 18.4. The molecule has 0 saturated carbocycles. The molecule has 3 aromatic rings. The van der Waals surface area contributed by atoms with Gasteiger partial charge in [-0.25, -0.2) is 0 Å². The van der Waals surface area contributed by atoms with Crippen molar-refractivity contribution in [1.82, 2.24) is 34.7 Å². The summed E-state index contributed by atoms with van der Waals surface area (Å²) in [6, 6.07) is 9.75. The molecule has 9 heteroatoms. The number of likely N-dealkylation sites (N-methyl/N-ethyl adjacent to an activating group) is 1. The van der Waals surface area contributed by atoms with Gasteiger partial charge in [0.15, 0.2) is 11.5 Å². The maximum atomic E-state index is 12.7. The number of amides is 1. The molecule has 32 heavy (non-hydrogen) atoms. The smallest absolute Gasteiger partial charge is 0.252 e. The average Bonchev–Trinajstić information content (AvgIpc) is 3.49. The summed E-state index contributed by atoms with van der Waals surface area (Å²) in [6.45, 7) is 4.84. The molecule has 0 bridgehead atoms. The van der Waals surface area contributed by atoms with Crippen LogP contribution in [0.15, 0.2) is 42.7 Å². The summed E-state index contributed by atoms with van der Waals surface area (Å²) in [5, 5.41) is 11.8. The Morgan fingerprint density at radius 2 is 2.16 bits per heavy atom. The topological polar surface area (TPSA) is 87.9 Å². The van der Waals surface area contributed by atoms with E-state index in [0.29, 0.717) is 12.1 Å². The maximum Gasteiger partial charge on any atom is 0.252 e. The second-order valence-electron chi connectivity index (χ2n) is 8.60. The van der Waals surface area contributed by atoms with E-state index in [1.165, 1.54) is 0 Å². The normalized spacial score (nSPS) is 22.4. The van der Waals surface area contributed by atoms with Crippen molar-refractivity contribution in [2.75, 3.05) is 39.8 Å². The van der Waals surface area contributed by atoms with Crippen LogP contribution in [0.5, 0.6) is 0 Å². The summed E-state index contributed by atoms with van der Waals surface area (Å²) in [5.74, 6) is 0.748. The van der Waals surface area contributed by atoms with Crippen LogP contribution in [-0.2, 0) is 11.3 Å². The van der Waals surface area contributed by atoms with Gasteiger partial charge in [0.25, 0.3) is 5.91 Å². The van der Waals surface area contributed by atoms with Gasteiger partial charge < -0.3 is 10.1 Å². The van der Waals surface area contributed by atoms with Gasteiger partial charge in [0.2, 0.25) is 0 Å². The molecule has 0 aliphatic carbocycles. The minimum Gasteiger partial charge on any atom is -0.376 e. The third-order valence-electron chi connectivity index (χ3n) is 6.35. The number of ether oxygens (including phenoxy) is 1. The van der Waals surface area contributed by atoms with Crippen LogP contribution < -0.4 is 5.32 Å². The zero-order chi connectivity index (χ0) is 21.9. The Morgan fingerprint density at radius 1 is 1.22 bits per heavy atom. The summed E-state index contributed by atoms with van der Waals surface area (Å²) in [7, 11) is 2.11. The van der Waals surface area contributed by atoms with Crippen LogP contribution >= 0.6 is 0 Å². The van der Waals surface area contributed by atoms with Crippen molar-refractivity contribution in [3.8, 4) is 0 Å². The van der Waals surface area contributed by atoms with E-state index in [-0.39, 0.29) is 18.1 Å². The number of rotatable bonds is 6. The molecule has 2 saturated heterocycles. The lowest BCUT2D eigenvalue weighted by molar-refractivity contribution is 0.0841. The lowest BCUT2D eigenvalue weighted by atomic mass is 10.1. The molecule has 2 fully saturated rings. The molecule has 0 aromatic carbocycles. The number of hydrogen-bond donors (Lipinski definition) is 1. The van der Waals surface area contributed by atoms with Crippen LogP contribution in [-0.4, -0.2) is 81.2 Å². The van der Waals surface area contributed by atoms with Gasteiger partial charge in [-0.3, -0.25) is 24.0 Å². The number of hydrogen-bond acceptors (Lipinski definition) is 7. The van der Waals surface area contributed by atoms with Crippen molar-refractivity contribution < 1.29 is 9.53 Å². The molecule has 1 N–H and O–H groups in total. The second-order valence-corrected chi connectivity index (χ2v) is 8.60. The summed E-state index contributed by atoms with van der Waals surface area (Å²) in [6.07, 6.45) is 5.86. The first kappa shape index (κ1) is 21.0. The number of aromatic nitrogens is 4. The number of piperazine rings is 1. The summed E-state index contributed by atoms with van der Waals surface area (Å²) >= 11 is 0. The summed E-state index contributed by atoms with van der Waals surface area (Å²) < 4.78 is 7.56. The third-order valence-corrected chi connectivity index (χ3v) is 6.35. The van der Waals surface area contributed by atoms with Crippen molar-refractivity contribution in [3.05, 3.63) is 59.8 Å². The Morgan fingerprint density at radius 3 is 2.97 bits per heavy atom. The summed E-state index contributed by atoms with van der Waals surface area (Å²) in [4.78, 5) is 21.9. The number of carbonyl (C=O) groups excluding carboxylic acids is 1. The van der Waals surface area contributed by atoms with Crippen LogP contribution in [0.1, 0.15) is 40.8 Å². The molecule has 5 rings (SSSR count). The standard InChI is InChI=1S/C23H29N7O2/c1-28-10-11-29(15-18-5-2-3-9-24-18)16-20(28)22-27-26-21-8-7-17(14-30(21)22)23(31)25-13-19-6-4-12-32-19/h2-3,5,7-9,14,19-20H,4,6,10-13,15-16H2,1H3,(H,25,31). The van der Waals surface area contributed by atoms with Gasteiger partial charge >= 0.3 is 0 Å². The highest BCUT2D eigenvalue weighted by Gasteiger charge is 2.30. The predicted molar refractivity (Wildman–Crippen MR) is 119 cm³/mol. The fourth-order valence-electron chi connectivity index (χ4n) is 4.46. The fraction of sp³-hybridized carbons (Fsp3) is 0.478. The first-order valence-electron chi connectivity index (χ1n) is 11.2. The van der Waals surface area contributed by atoms with Crippen LogP contribution in [0.2, 0.25) is 0 Å². The molecule has 0 spiro atoms. The fourth-order valence-corrected chi connectivity index (χ4v) is 4.46. The maximum absolute atomic E-state index is 12.7. The minimum absolute atomic E-state index is 0.0765. The van der Waals surface area contributed by atoms with E-state index < -0.39 is 0 Å². The first-order valence-corrected chi connectivity index (χ1v) is 11.2. The van der Waals surface area contributed by atoms with E-state index in [4.69, 9.17) is 4.74 Å². The largest absolute Gasteiger partial charge is 0.376 e. The number of pyridine rings is 2. The van der Waals surface area contributed by atoms with Gasteiger partial charge in [0.05, 0.1) is 23.4 Å². The number of carbonyl (C=O) groups is 1. The van der Waals surface area contributed by atoms with Crippen LogP contribution in [0.3, 0.4) is 0 Å². The van der Waals surface area contributed by atoms with Crippen molar-refractivity contribution in [3.63, 3.8) is 0 Å². The van der Waals surface area contributed by atoms with E-state index in [1.807, 2.05) is 35.0 Å². The molecular weight excluding hydrogens is 406 g/mol. The van der Waals surface area contributed by atoms with Crippen LogP contribution in [0.4, 0.5) is 0 Å². The van der Waals surface area contributed by atoms with E-state index in [0.717, 1.165) is 62.8 Å². The highest BCUT2D eigenvalue weighted by atomic mass is 16.5. The van der Waals surface area contributed by atoms with E-state index in [1.54, 1.807) is 6.07 Å². The van der Waals surface area contributed by atoms with Gasteiger partial charge in [0, 0.05) is 51.7 Å². The predicted octanol–water partition coefficient (Wildman–Crippen LogP) is 1.52. The quantitative estimate of drug-likeness (QED) is 0.628. The Kier molecular flexibility index (Phi) is 6.11. The third kappa shape index (κ3) is 4.50. The second kappa shape index (κ2) is 9.32. The molecular formula is C23H29N7O2. The Balaban J connectivity index is 1.33. The minimum atomic E-state index is -0.101. The van der Waals surface area contributed by atoms with Gasteiger partial charge in [-0.15, -0.1) is 10.2 Å². The molecule has 5 heterocycles. The van der Waals surface area contributed by atoms with Crippen molar-refractivity contribution in [1.29, 1.82) is 0 Å². The summed E-state index contributed by atoms with van der Waals surface area (Å²) in [5.41, 5.74) is 2.40. The van der Waals surface area contributed by atoms with Gasteiger partial charge in [0.1, 0.15) is 0 Å². The Bertz CT molecular complexity index is 1060. The van der Waals surface area contributed by atoms with E-state index in [9.17, 15) is 4.79 Å². The molecule has 2 aliphatic rings. The van der Waals surface area contributed by atoms with Crippen molar-refractivity contribution in [2.45, 2.75) is 31.5 Å². The van der Waals surface area contributed by atoms with Crippen molar-refractivity contribution >= 4 is 11.6 Å². The monoisotopic (exact) mass is 435 g/mol. The van der Waals surface area contributed by atoms with Gasteiger partial charge in [-0.2, -0.15) is 0 Å². The molecule has 2 unspecified atom stereocenters. The van der Waals surface area contributed by atoms with Gasteiger partial charge in [-0.1, -0.05) is 6.07 Å². The number of nitrogens with one attached hydrogen (secondary N) is 1. The Labute approximate surface area is 187 Å². The van der Waals surface area contributed by atoms with E-state index >= 15 is 0 Å². The van der Waals surface area contributed by atoms with Gasteiger partial charge in [-0.05, 0) is 44.2 Å². The molecule has 9 nitrogen and oxygen atoms in total. The number of nitrogens with zero attached hydrogens (tertiary/aromatic N) is 6. The van der Waals surface area contributed by atoms with E-state index in [2.05, 4.69) is 43.4 Å². The number of fused-ring (bicyclic) bond motifs is 1. The van der Waals surface area contributed by atoms with Crippen LogP contribution in [0.25, 0.3) is 5.65 Å². The molecule has 168 valence electrons.